The number of ether oxygens (including phenoxy) is 1. The second-order valence-electron chi connectivity index (χ2n) is 3.85. The summed E-state index contributed by atoms with van der Waals surface area (Å²) in [5.41, 5.74) is 1.30. The van der Waals surface area contributed by atoms with Crippen molar-refractivity contribution in [1.29, 1.82) is 5.26 Å². The minimum absolute atomic E-state index is 0.0469. The minimum Gasteiger partial charge on any atom is -0.466 e. The largest absolute Gasteiger partial charge is 0.466 e. The molecule has 102 valence electrons. The summed E-state index contributed by atoms with van der Waals surface area (Å²) in [6, 6.07) is 7.12. The van der Waals surface area contributed by atoms with Crippen molar-refractivity contribution < 1.29 is 14.6 Å². The zero-order valence-electron chi connectivity index (χ0n) is 10.5. The molecule has 6 heteroatoms. The van der Waals surface area contributed by atoms with Gasteiger partial charge in [0.25, 0.3) is 0 Å². The number of aliphatic hydroxyl groups is 1. The number of halogens is 1. The van der Waals surface area contributed by atoms with Crippen LogP contribution in [-0.2, 0) is 9.53 Å². The van der Waals surface area contributed by atoms with Gasteiger partial charge in [-0.3, -0.25) is 4.79 Å². The average Bonchev–Trinajstić information content (AvgIpc) is 2.37. The van der Waals surface area contributed by atoms with E-state index < -0.39 is 12.1 Å². The molecule has 0 aromatic heterocycles. The van der Waals surface area contributed by atoms with E-state index in [4.69, 9.17) is 10.00 Å². The molecule has 0 spiro atoms. The van der Waals surface area contributed by atoms with Gasteiger partial charge in [0.15, 0.2) is 0 Å². The quantitative estimate of drug-likeness (QED) is 0.782. The number of hydrogen-bond donors (Lipinski definition) is 2. The van der Waals surface area contributed by atoms with Crippen molar-refractivity contribution in [2.24, 2.45) is 0 Å². The predicted molar refractivity (Wildman–Crippen MR) is 74.6 cm³/mol. The average molecular weight is 327 g/mol. The second-order valence-corrected chi connectivity index (χ2v) is 4.70. The highest BCUT2D eigenvalue weighted by atomic mass is 79.9. The lowest BCUT2D eigenvalue weighted by Crippen LogP contribution is -2.24. The second kappa shape index (κ2) is 7.77. The third-order valence-electron chi connectivity index (χ3n) is 2.33. The van der Waals surface area contributed by atoms with Gasteiger partial charge in [0.05, 0.1) is 30.8 Å². The summed E-state index contributed by atoms with van der Waals surface area (Å²) in [5.74, 6) is -0.421. The van der Waals surface area contributed by atoms with Gasteiger partial charge in [-0.05, 0) is 41.1 Å². The van der Waals surface area contributed by atoms with E-state index in [0.717, 1.165) is 10.2 Å². The van der Waals surface area contributed by atoms with Crippen molar-refractivity contribution in [3.8, 4) is 6.07 Å². The summed E-state index contributed by atoms with van der Waals surface area (Å²) in [5, 5.41) is 21.4. The molecule has 19 heavy (non-hydrogen) atoms. The van der Waals surface area contributed by atoms with Gasteiger partial charge in [-0.25, -0.2) is 0 Å². The van der Waals surface area contributed by atoms with Gasteiger partial charge in [-0.2, -0.15) is 5.26 Å². The van der Waals surface area contributed by atoms with E-state index in [9.17, 15) is 9.90 Å². The lowest BCUT2D eigenvalue weighted by molar-refractivity contribution is -0.145. The third kappa shape index (κ3) is 5.28. The zero-order chi connectivity index (χ0) is 14.3. The Hall–Kier alpha value is -1.58. The van der Waals surface area contributed by atoms with Crippen molar-refractivity contribution in [3.05, 3.63) is 28.2 Å². The summed E-state index contributed by atoms with van der Waals surface area (Å²) in [6.45, 7) is 2.25. The Labute approximate surface area is 120 Å². The fraction of sp³-hybridized carbons (Fsp3) is 0.385. The fourth-order valence-electron chi connectivity index (χ4n) is 1.44. The Bertz CT molecular complexity index is 485. The van der Waals surface area contributed by atoms with Crippen LogP contribution in [-0.4, -0.2) is 30.3 Å². The van der Waals surface area contributed by atoms with E-state index in [-0.39, 0.29) is 13.0 Å². The van der Waals surface area contributed by atoms with Crippen molar-refractivity contribution in [1.82, 2.24) is 0 Å². The van der Waals surface area contributed by atoms with E-state index in [0.29, 0.717) is 12.2 Å². The molecule has 0 amide bonds. The zero-order valence-corrected chi connectivity index (χ0v) is 12.1. The maximum atomic E-state index is 11.2. The Morgan fingerprint density at radius 2 is 2.37 bits per heavy atom. The molecule has 0 saturated carbocycles. The topological polar surface area (TPSA) is 82.3 Å². The number of aliphatic hydroxyl groups excluding tert-OH is 1. The van der Waals surface area contributed by atoms with Crippen LogP contribution in [0, 0.1) is 11.3 Å². The molecule has 0 aliphatic rings. The lowest BCUT2D eigenvalue weighted by Gasteiger charge is -2.13. The van der Waals surface area contributed by atoms with Crippen LogP contribution in [0.3, 0.4) is 0 Å². The normalized spacial score (nSPS) is 11.5. The number of nitrogens with zero attached hydrogens (tertiary/aromatic N) is 1. The summed E-state index contributed by atoms with van der Waals surface area (Å²) < 4.78 is 5.48. The highest BCUT2D eigenvalue weighted by Crippen LogP contribution is 2.23. The third-order valence-corrected chi connectivity index (χ3v) is 2.99. The molecule has 0 aliphatic heterocycles. The summed E-state index contributed by atoms with van der Waals surface area (Å²) in [7, 11) is 0. The molecular weight excluding hydrogens is 312 g/mol. The van der Waals surface area contributed by atoms with Crippen LogP contribution in [0.25, 0.3) is 0 Å². The van der Waals surface area contributed by atoms with Gasteiger partial charge in [0, 0.05) is 16.7 Å². The van der Waals surface area contributed by atoms with E-state index in [1.165, 1.54) is 0 Å². The number of carbonyl (C=O) groups excluding carboxylic acids is 1. The SMILES string of the molecule is CCOC(=O)CC(O)CNc1ccc(C#N)cc1Br. The van der Waals surface area contributed by atoms with Gasteiger partial charge in [-0.15, -0.1) is 0 Å². The molecule has 1 unspecified atom stereocenters. The van der Waals surface area contributed by atoms with Gasteiger partial charge in [-0.1, -0.05) is 0 Å². The number of rotatable bonds is 6. The summed E-state index contributed by atoms with van der Waals surface area (Å²) in [4.78, 5) is 11.2. The molecule has 0 radical (unpaired) electrons. The maximum Gasteiger partial charge on any atom is 0.308 e. The van der Waals surface area contributed by atoms with Crippen molar-refractivity contribution >= 4 is 27.6 Å². The molecular formula is C13H15BrN2O3. The monoisotopic (exact) mass is 326 g/mol. The van der Waals surface area contributed by atoms with Crippen molar-refractivity contribution in [3.63, 3.8) is 0 Å². The molecule has 1 rings (SSSR count). The lowest BCUT2D eigenvalue weighted by atomic mass is 10.2. The van der Waals surface area contributed by atoms with Crippen LogP contribution in [0.15, 0.2) is 22.7 Å². The Morgan fingerprint density at radius 3 is 2.95 bits per heavy atom. The number of nitrogens with one attached hydrogen (secondary N) is 1. The van der Waals surface area contributed by atoms with Crippen molar-refractivity contribution in [2.75, 3.05) is 18.5 Å². The number of nitriles is 1. The van der Waals surface area contributed by atoms with Gasteiger partial charge >= 0.3 is 5.97 Å². The minimum atomic E-state index is -0.818. The summed E-state index contributed by atoms with van der Waals surface area (Å²) >= 11 is 3.33. The Kier molecular flexibility index (Phi) is 6.33. The fourth-order valence-corrected chi connectivity index (χ4v) is 1.96. The maximum absolute atomic E-state index is 11.2. The molecule has 1 aromatic carbocycles. The van der Waals surface area contributed by atoms with Gasteiger partial charge in [0.2, 0.25) is 0 Å². The highest BCUT2D eigenvalue weighted by molar-refractivity contribution is 9.10. The number of esters is 1. The number of anilines is 1. The molecule has 0 bridgehead atoms. The van der Waals surface area contributed by atoms with E-state index in [1.807, 2.05) is 6.07 Å². The first kappa shape index (κ1) is 15.5. The predicted octanol–water partition coefficient (Wildman–Crippen LogP) is 2.05. The Morgan fingerprint density at radius 1 is 1.63 bits per heavy atom. The molecule has 1 atom stereocenters. The van der Waals surface area contributed by atoms with E-state index in [1.54, 1.807) is 25.1 Å². The van der Waals surface area contributed by atoms with Crippen LogP contribution in [0.2, 0.25) is 0 Å². The molecule has 0 aliphatic carbocycles. The first-order valence-electron chi connectivity index (χ1n) is 5.84. The number of carbonyl (C=O) groups is 1. The first-order valence-corrected chi connectivity index (χ1v) is 6.63. The highest BCUT2D eigenvalue weighted by Gasteiger charge is 2.12. The number of hydrogen-bond acceptors (Lipinski definition) is 5. The van der Waals surface area contributed by atoms with Crippen LogP contribution < -0.4 is 5.32 Å². The molecule has 1 aromatic rings. The molecule has 2 N–H and O–H groups in total. The van der Waals surface area contributed by atoms with Crippen LogP contribution in [0.4, 0.5) is 5.69 Å². The van der Waals surface area contributed by atoms with Crippen LogP contribution in [0.5, 0.6) is 0 Å². The standard InChI is InChI=1S/C13H15BrN2O3/c1-2-19-13(18)6-10(17)8-16-12-4-3-9(7-15)5-11(12)14/h3-5,10,16-17H,2,6,8H2,1H3. The molecule has 5 nitrogen and oxygen atoms in total. The van der Waals surface area contributed by atoms with Crippen LogP contribution >= 0.6 is 15.9 Å². The molecule has 0 heterocycles. The smallest absolute Gasteiger partial charge is 0.308 e. The first-order chi connectivity index (χ1) is 9.06. The summed E-state index contributed by atoms with van der Waals surface area (Å²) in [6.07, 6.45) is -0.865. The van der Waals surface area contributed by atoms with E-state index >= 15 is 0 Å². The van der Waals surface area contributed by atoms with Crippen molar-refractivity contribution in [2.45, 2.75) is 19.4 Å². The number of benzene rings is 1. The van der Waals surface area contributed by atoms with Crippen LogP contribution in [0.1, 0.15) is 18.9 Å². The Balaban J connectivity index is 2.48. The van der Waals surface area contributed by atoms with Gasteiger partial charge < -0.3 is 15.2 Å². The molecule has 0 fully saturated rings. The molecule has 0 saturated heterocycles. The van der Waals surface area contributed by atoms with E-state index in [2.05, 4.69) is 21.2 Å². The van der Waals surface area contributed by atoms with Gasteiger partial charge in [0.1, 0.15) is 0 Å².